The highest BCUT2D eigenvalue weighted by molar-refractivity contribution is 5.87. The molecule has 3 heterocycles. The van der Waals surface area contributed by atoms with E-state index in [9.17, 15) is 9.59 Å². The number of carbonyl (C=O) groups excluding carboxylic acids is 2. The van der Waals surface area contributed by atoms with E-state index in [1.165, 1.54) is 6.33 Å². The molecule has 7 nitrogen and oxygen atoms in total. The smallest absolute Gasteiger partial charge is 0.226 e. The van der Waals surface area contributed by atoms with Crippen LogP contribution in [0.3, 0.4) is 0 Å². The average Bonchev–Trinajstić information content (AvgIpc) is 3.04. The summed E-state index contributed by atoms with van der Waals surface area (Å²) in [5.74, 6) is 0.0499. The highest BCUT2D eigenvalue weighted by Gasteiger charge is 2.34. The molecule has 114 valence electrons. The van der Waals surface area contributed by atoms with E-state index >= 15 is 0 Å². The Labute approximate surface area is 123 Å². The molecule has 7 heteroatoms. The Hall–Kier alpha value is -1.92. The van der Waals surface area contributed by atoms with E-state index in [4.69, 9.17) is 0 Å². The predicted octanol–water partition coefficient (Wildman–Crippen LogP) is 0.310. The number of rotatable bonds is 2. The summed E-state index contributed by atoms with van der Waals surface area (Å²) in [6.07, 6.45) is 6.33. The van der Waals surface area contributed by atoms with Crippen LogP contribution in [-0.4, -0.2) is 63.1 Å². The van der Waals surface area contributed by atoms with Gasteiger partial charge < -0.3 is 9.80 Å². The second-order valence-electron chi connectivity index (χ2n) is 5.96. The van der Waals surface area contributed by atoms with Gasteiger partial charge in [0.2, 0.25) is 11.8 Å². The maximum Gasteiger partial charge on any atom is 0.226 e. The summed E-state index contributed by atoms with van der Waals surface area (Å²) in [6, 6.07) is 0.201. The van der Waals surface area contributed by atoms with Crippen LogP contribution in [0.5, 0.6) is 0 Å². The van der Waals surface area contributed by atoms with Crippen LogP contribution in [-0.2, 0) is 9.59 Å². The van der Waals surface area contributed by atoms with Crippen LogP contribution in [0.1, 0.15) is 31.7 Å². The lowest BCUT2D eigenvalue weighted by molar-refractivity contribution is -0.145. The fourth-order valence-corrected chi connectivity index (χ4v) is 3.19. The van der Waals surface area contributed by atoms with Crippen molar-refractivity contribution in [3.05, 3.63) is 12.7 Å². The van der Waals surface area contributed by atoms with Crippen molar-refractivity contribution in [3.8, 4) is 0 Å². The molecule has 2 atom stereocenters. The molecular weight excluding hydrogens is 270 g/mol. The molecule has 0 aromatic carbocycles. The minimum Gasteiger partial charge on any atom is -0.346 e. The van der Waals surface area contributed by atoms with E-state index in [1.54, 1.807) is 18.3 Å². The third-order valence-electron chi connectivity index (χ3n) is 4.53. The van der Waals surface area contributed by atoms with Crippen molar-refractivity contribution in [2.75, 3.05) is 26.7 Å². The van der Waals surface area contributed by atoms with Gasteiger partial charge >= 0.3 is 0 Å². The maximum absolute atomic E-state index is 12.6. The van der Waals surface area contributed by atoms with Crippen LogP contribution in [0.15, 0.2) is 12.7 Å². The van der Waals surface area contributed by atoms with Gasteiger partial charge in [-0.25, -0.2) is 9.67 Å². The quantitative estimate of drug-likeness (QED) is 0.786. The molecule has 2 aliphatic rings. The molecule has 0 N–H and O–H groups in total. The summed E-state index contributed by atoms with van der Waals surface area (Å²) in [5, 5.41) is 4.17. The van der Waals surface area contributed by atoms with Crippen molar-refractivity contribution in [2.24, 2.45) is 5.92 Å². The second kappa shape index (κ2) is 5.83. The summed E-state index contributed by atoms with van der Waals surface area (Å²) >= 11 is 0. The van der Waals surface area contributed by atoms with Crippen molar-refractivity contribution in [3.63, 3.8) is 0 Å². The number of carbonyl (C=O) groups is 2. The first-order valence-corrected chi connectivity index (χ1v) is 7.52. The van der Waals surface area contributed by atoms with Crippen molar-refractivity contribution < 1.29 is 9.59 Å². The maximum atomic E-state index is 12.6. The van der Waals surface area contributed by atoms with Crippen LogP contribution >= 0.6 is 0 Å². The zero-order chi connectivity index (χ0) is 14.8. The number of aromatic nitrogens is 3. The Morgan fingerprint density at radius 2 is 2.19 bits per heavy atom. The first kappa shape index (κ1) is 14.0. The lowest BCUT2D eigenvalue weighted by Gasteiger charge is -2.36. The van der Waals surface area contributed by atoms with Gasteiger partial charge in [0.05, 0.1) is 6.04 Å². The van der Waals surface area contributed by atoms with Crippen LogP contribution in [0, 0.1) is 5.92 Å². The van der Waals surface area contributed by atoms with Crippen LogP contribution in [0.4, 0.5) is 0 Å². The van der Waals surface area contributed by atoms with Crippen LogP contribution in [0.25, 0.3) is 0 Å². The van der Waals surface area contributed by atoms with E-state index in [0.717, 1.165) is 25.8 Å². The summed E-state index contributed by atoms with van der Waals surface area (Å²) in [6.45, 7) is 2.13. The molecule has 2 saturated heterocycles. The highest BCUT2D eigenvalue weighted by atomic mass is 16.2. The van der Waals surface area contributed by atoms with E-state index in [-0.39, 0.29) is 23.8 Å². The largest absolute Gasteiger partial charge is 0.346 e. The molecule has 0 aliphatic carbocycles. The molecule has 0 bridgehead atoms. The summed E-state index contributed by atoms with van der Waals surface area (Å²) in [5.41, 5.74) is 0. The van der Waals surface area contributed by atoms with Gasteiger partial charge in [0.1, 0.15) is 12.7 Å². The molecule has 1 aromatic rings. The summed E-state index contributed by atoms with van der Waals surface area (Å²) in [4.78, 5) is 32.0. The third-order valence-corrected chi connectivity index (χ3v) is 4.53. The number of likely N-dealkylation sites (tertiary alicyclic amines) is 2. The van der Waals surface area contributed by atoms with E-state index < -0.39 is 0 Å². The minimum absolute atomic E-state index is 0.0736. The van der Waals surface area contributed by atoms with Gasteiger partial charge in [0, 0.05) is 39.0 Å². The molecule has 3 rings (SSSR count). The Bertz CT molecular complexity index is 515. The van der Waals surface area contributed by atoms with E-state index in [0.29, 0.717) is 19.5 Å². The zero-order valence-corrected chi connectivity index (χ0v) is 12.3. The predicted molar refractivity (Wildman–Crippen MR) is 75.2 cm³/mol. The number of hydrogen-bond acceptors (Lipinski definition) is 4. The van der Waals surface area contributed by atoms with E-state index in [1.807, 2.05) is 9.58 Å². The number of hydrogen-bond donors (Lipinski definition) is 0. The Morgan fingerprint density at radius 3 is 2.90 bits per heavy atom. The molecule has 2 fully saturated rings. The third kappa shape index (κ3) is 2.91. The van der Waals surface area contributed by atoms with Gasteiger partial charge in [0.15, 0.2) is 0 Å². The fourth-order valence-electron chi connectivity index (χ4n) is 3.19. The molecular formula is C14H21N5O2. The monoisotopic (exact) mass is 291 g/mol. The minimum atomic E-state index is -0.150. The average molecular weight is 291 g/mol. The SMILES string of the molecule is CN1CC[C@H](C(=O)N2CCC[C@H](n3cncn3)C2)CC1=O. The van der Waals surface area contributed by atoms with Crippen molar-refractivity contribution in [2.45, 2.75) is 31.7 Å². The lowest BCUT2D eigenvalue weighted by Crippen LogP contribution is -2.47. The summed E-state index contributed by atoms with van der Waals surface area (Å²) < 4.78 is 1.83. The topological polar surface area (TPSA) is 71.3 Å². The molecule has 1 aromatic heterocycles. The number of amides is 2. The fraction of sp³-hybridized carbons (Fsp3) is 0.714. The number of nitrogens with zero attached hydrogens (tertiary/aromatic N) is 5. The van der Waals surface area contributed by atoms with Crippen LogP contribution in [0.2, 0.25) is 0 Å². The standard InChI is InChI=1S/C14H21N5O2/c1-17-6-4-11(7-13(17)20)14(21)18-5-2-3-12(8-18)19-10-15-9-16-19/h9-12H,2-8H2,1H3/t11-,12-/m0/s1. The second-order valence-corrected chi connectivity index (χ2v) is 5.96. The van der Waals surface area contributed by atoms with Gasteiger partial charge in [-0.2, -0.15) is 5.10 Å². The van der Waals surface area contributed by atoms with Gasteiger partial charge in [0.25, 0.3) is 0 Å². The van der Waals surface area contributed by atoms with Gasteiger partial charge in [-0.1, -0.05) is 0 Å². The first-order chi connectivity index (χ1) is 10.1. The van der Waals surface area contributed by atoms with Gasteiger partial charge in [-0.3, -0.25) is 9.59 Å². The molecule has 0 spiro atoms. The molecule has 2 aliphatic heterocycles. The van der Waals surface area contributed by atoms with Crippen molar-refractivity contribution >= 4 is 11.8 Å². The van der Waals surface area contributed by atoms with Crippen molar-refractivity contribution in [1.29, 1.82) is 0 Å². The first-order valence-electron chi connectivity index (χ1n) is 7.52. The molecule has 0 radical (unpaired) electrons. The van der Waals surface area contributed by atoms with Crippen molar-refractivity contribution in [1.82, 2.24) is 24.6 Å². The summed E-state index contributed by atoms with van der Waals surface area (Å²) in [7, 11) is 1.80. The Balaban J connectivity index is 1.63. The molecule has 0 unspecified atom stereocenters. The van der Waals surface area contributed by atoms with Crippen LogP contribution < -0.4 is 0 Å². The van der Waals surface area contributed by atoms with Gasteiger partial charge in [-0.15, -0.1) is 0 Å². The molecule has 2 amide bonds. The Morgan fingerprint density at radius 1 is 1.33 bits per heavy atom. The normalized spacial score (nSPS) is 27.0. The molecule has 0 saturated carbocycles. The highest BCUT2D eigenvalue weighted by Crippen LogP contribution is 2.25. The molecule has 21 heavy (non-hydrogen) atoms. The van der Waals surface area contributed by atoms with E-state index in [2.05, 4.69) is 10.1 Å². The Kier molecular flexibility index (Phi) is 3.90. The lowest BCUT2D eigenvalue weighted by atomic mass is 9.93. The zero-order valence-electron chi connectivity index (χ0n) is 12.3. The van der Waals surface area contributed by atoms with Gasteiger partial charge in [-0.05, 0) is 19.3 Å². The number of piperidine rings is 2.